The Morgan fingerprint density at radius 2 is 2.04 bits per heavy atom. The fraction of sp³-hybridized carbons (Fsp3) is 0.278. The maximum absolute atomic E-state index is 13.4. The van der Waals surface area contributed by atoms with Crippen LogP contribution in [0.3, 0.4) is 0 Å². The number of phenols is 1. The maximum atomic E-state index is 13.4. The van der Waals surface area contributed by atoms with Crippen molar-refractivity contribution in [2.45, 2.75) is 18.9 Å². The van der Waals surface area contributed by atoms with Gasteiger partial charge in [-0.1, -0.05) is 12.1 Å². The Hall–Kier alpha value is -2.47. The molecule has 0 bridgehead atoms. The highest BCUT2D eigenvalue weighted by Crippen LogP contribution is 2.31. The number of phenolic OH excluding ortho intramolecular Hbond substituents is 1. The average molecular weight is 332 g/mol. The quantitative estimate of drug-likeness (QED) is 0.807. The van der Waals surface area contributed by atoms with Gasteiger partial charge in [0.2, 0.25) is 0 Å². The fourth-order valence-corrected chi connectivity index (χ4v) is 2.84. The first-order valence-electron chi connectivity index (χ1n) is 7.84. The molecule has 1 saturated heterocycles. The van der Waals surface area contributed by atoms with Crippen LogP contribution >= 0.6 is 0 Å². The van der Waals surface area contributed by atoms with Crippen molar-refractivity contribution in [2.24, 2.45) is 0 Å². The van der Waals surface area contributed by atoms with Crippen molar-refractivity contribution in [3.63, 3.8) is 0 Å². The van der Waals surface area contributed by atoms with E-state index in [2.05, 4.69) is 10.6 Å². The van der Waals surface area contributed by atoms with E-state index < -0.39 is 11.6 Å². The molecule has 0 saturated carbocycles. The Kier molecular flexibility index (Phi) is 4.76. The van der Waals surface area contributed by atoms with Gasteiger partial charge in [0, 0.05) is 29.8 Å². The highest BCUT2D eigenvalue weighted by molar-refractivity contribution is 5.95. The topological polar surface area (TPSA) is 61.4 Å². The largest absolute Gasteiger partial charge is 0.507 e. The lowest BCUT2D eigenvalue weighted by molar-refractivity contribution is 0.0950. The molecule has 1 aliphatic heterocycles. The van der Waals surface area contributed by atoms with Crippen LogP contribution in [0, 0.1) is 11.6 Å². The molecular formula is C18H18F2N2O2. The molecule has 4 nitrogen and oxygen atoms in total. The molecule has 1 atom stereocenters. The van der Waals surface area contributed by atoms with E-state index >= 15 is 0 Å². The number of amides is 1. The standard InChI is InChI=1S/C18H18F2N2O2/c19-15-8-14(17(23)9-16(15)20)11-3-1-4-12(7-11)18(24)22-10-13-5-2-6-21-13/h1,3-4,7-9,13,21,23H,2,5-6,10H2,(H,22,24)/t13-/m0/s1. The molecular weight excluding hydrogens is 314 g/mol. The molecule has 0 aromatic heterocycles. The summed E-state index contributed by atoms with van der Waals surface area (Å²) in [7, 11) is 0. The number of hydrogen-bond donors (Lipinski definition) is 3. The van der Waals surface area contributed by atoms with Gasteiger partial charge in [-0.2, -0.15) is 0 Å². The molecule has 0 radical (unpaired) electrons. The molecule has 2 aromatic rings. The second-order valence-electron chi connectivity index (χ2n) is 5.87. The van der Waals surface area contributed by atoms with Crippen molar-refractivity contribution in [3.8, 4) is 16.9 Å². The third-order valence-corrected chi connectivity index (χ3v) is 4.15. The number of rotatable bonds is 4. The molecule has 0 aliphatic carbocycles. The summed E-state index contributed by atoms with van der Waals surface area (Å²) in [6, 6.07) is 8.38. The number of hydrogen-bond acceptors (Lipinski definition) is 3. The molecule has 126 valence electrons. The molecule has 3 rings (SSSR count). The normalized spacial score (nSPS) is 17.0. The number of halogens is 2. The second kappa shape index (κ2) is 6.97. The van der Waals surface area contributed by atoms with Crippen LogP contribution in [0.15, 0.2) is 36.4 Å². The summed E-state index contributed by atoms with van der Waals surface area (Å²) in [5, 5.41) is 16.0. The molecule has 3 N–H and O–H groups in total. The van der Waals surface area contributed by atoms with E-state index in [9.17, 15) is 18.7 Å². The second-order valence-corrected chi connectivity index (χ2v) is 5.87. The van der Waals surface area contributed by atoms with Crippen molar-refractivity contribution in [3.05, 3.63) is 53.6 Å². The number of carbonyl (C=O) groups is 1. The SMILES string of the molecule is O=C(NC[C@@H]1CCCN1)c1cccc(-c2cc(F)c(F)cc2O)c1. The van der Waals surface area contributed by atoms with E-state index in [1.165, 1.54) is 0 Å². The highest BCUT2D eigenvalue weighted by atomic mass is 19.2. The summed E-state index contributed by atoms with van der Waals surface area (Å²) in [6.45, 7) is 1.50. The Morgan fingerprint density at radius 1 is 1.25 bits per heavy atom. The van der Waals surface area contributed by atoms with E-state index in [1.54, 1.807) is 24.3 Å². The molecule has 24 heavy (non-hydrogen) atoms. The van der Waals surface area contributed by atoms with Crippen molar-refractivity contribution in [2.75, 3.05) is 13.1 Å². The fourth-order valence-electron chi connectivity index (χ4n) is 2.84. The predicted molar refractivity (Wildman–Crippen MR) is 86.8 cm³/mol. The highest BCUT2D eigenvalue weighted by Gasteiger charge is 2.16. The van der Waals surface area contributed by atoms with Gasteiger partial charge in [0.05, 0.1) is 0 Å². The molecule has 1 aliphatic rings. The summed E-state index contributed by atoms with van der Waals surface area (Å²) in [5.74, 6) is -2.78. The lowest BCUT2D eigenvalue weighted by atomic mass is 10.0. The summed E-state index contributed by atoms with van der Waals surface area (Å²) in [4.78, 5) is 12.3. The minimum absolute atomic E-state index is 0.140. The van der Waals surface area contributed by atoms with Gasteiger partial charge in [0.15, 0.2) is 11.6 Å². The van der Waals surface area contributed by atoms with Crippen LogP contribution in [0.1, 0.15) is 23.2 Å². The summed E-state index contributed by atoms with van der Waals surface area (Å²) in [6.07, 6.45) is 2.13. The zero-order valence-electron chi connectivity index (χ0n) is 13.0. The third kappa shape index (κ3) is 3.54. The third-order valence-electron chi connectivity index (χ3n) is 4.15. The van der Waals surface area contributed by atoms with Gasteiger partial charge in [-0.05, 0) is 43.1 Å². The maximum Gasteiger partial charge on any atom is 0.251 e. The number of benzene rings is 2. The van der Waals surface area contributed by atoms with E-state index in [0.29, 0.717) is 17.7 Å². The molecule has 1 heterocycles. The van der Waals surface area contributed by atoms with E-state index in [0.717, 1.165) is 31.5 Å². The van der Waals surface area contributed by atoms with E-state index in [1.807, 2.05) is 0 Å². The minimum atomic E-state index is -1.12. The van der Waals surface area contributed by atoms with Gasteiger partial charge in [-0.15, -0.1) is 0 Å². The van der Waals surface area contributed by atoms with Crippen molar-refractivity contribution < 1.29 is 18.7 Å². The molecule has 2 aromatic carbocycles. The Labute approximate surface area is 138 Å². The molecule has 1 amide bonds. The monoisotopic (exact) mass is 332 g/mol. The molecule has 0 unspecified atom stereocenters. The van der Waals surface area contributed by atoms with Crippen LogP contribution in [0.4, 0.5) is 8.78 Å². The van der Waals surface area contributed by atoms with Gasteiger partial charge >= 0.3 is 0 Å². The average Bonchev–Trinajstić information content (AvgIpc) is 3.09. The predicted octanol–water partition coefficient (Wildman–Crippen LogP) is 2.82. The van der Waals surface area contributed by atoms with E-state index in [-0.39, 0.29) is 23.3 Å². The molecule has 1 fully saturated rings. The summed E-state index contributed by atoms with van der Waals surface area (Å²) < 4.78 is 26.6. The Morgan fingerprint density at radius 3 is 2.79 bits per heavy atom. The lowest BCUT2D eigenvalue weighted by Crippen LogP contribution is -2.37. The number of carbonyl (C=O) groups excluding carboxylic acids is 1. The summed E-state index contributed by atoms with van der Waals surface area (Å²) >= 11 is 0. The zero-order valence-corrected chi connectivity index (χ0v) is 13.0. The first kappa shape index (κ1) is 16.4. The summed E-state index contributed by atoms with van der Waals surface area (Å²) in [5.41, 5.74) is 0.980. The lowest BCUT2D eigenvalue weighted by Gasteiger charge is -2.12. The first-order valence-corrected chi connectivity index (χ1v) is 7.84. The van der Waals surface area contributed by atoms with Gasteiger partial charge in [0.25, 0.3) is 5.91 Å². The van der Waals surface area contributed by atoms with Crippen LogP contribution < -0.4 is 10.6 Å². The van der Waals surface area contributed by atoms with Gasteiger partial charge < -0.3 is 15.7 Å². The van der Waals surface area contributed by atoms with Gasteiger partial charge in [0.1, 0.15) is 5.75 Å². The minimum Gasteiger partial charge on any atom is -0.507 e. The van der Waals surface area contributed by atoms with Crippen molar-refractivity contribution in [1.29, 1.82) is 0 Å². The molecule has 0 spiro atoms. The van der Waals surface area contributed by atoms with Crippen LogP contribution in [-0.2, 0) is 0 Å². The number of nitrogens with one attached hydrogen (secondary N) is 2. The van der Waals surface area contributed by atoms with Crippen LogP contribution in [0.25, 0.3) is 11.1 Å². The Balaban J connectivity index is 1.78. The molecule has 6 heteroatoms. The Bertz CT molecular complexity index is 759. The van der Waals surface area contributed by atoms with E-state index in [4.69, 9.17) is 0 Å². The smallest absolute Gasteiger partial charge is 0.251 e. The van der Waals surface area contributed by atoms with Crippen LogP contribution in [0.5, 0.6) is 5.75 Å². The van der Waals surface area contributed by atoms with Gasteiger partial charge in [-0.3, -0.25) is 4.79 Å². The first-order chi connectivity index (χ1) is 11.5. The number of aromatic hydroxyl groups is 1. The zero-order chi connectivity index (χ0) is 17.1. The van der Waals surface area contributed by atoms with Crippen LogP contribution in [-0.4, -0.2) is 30.1 Å². The van der Waals surface area contributed by atoms with Crippen molar-refractivity contribution >= 4 is 5.91 Å². The van der Waals surface area contributed by atoms with Gasteiger partial charge in [-0.25, -0.2) is 8.78 Å². The van der Waals surface area contributed by atoms with Crippen molar-refractivity contribution in [1.82, 2.24) is 10.6 Å². The van der Waals surface area contributed by atoms with Crippen LogP contribution in [0.2, 0.25) is 0 Å².